The molecule has 0 spiro atoms. The van der Waals surface area contributed by atoms with Crippen LogP contribution in [0.5, 0.6) is 0 Å². The van der Waals surface area contributed by atoms with Gasteiger partial charge in [0.2, 0.25) is 0 Å². The molecule has 0 amide bonds. The molecule has 5 nitrogen and oxygen atoms in total. The van der Waals surface area contributed by atoms with Crippen molar-refractivity contribution in [2.45, 2.75) is 212 Å². The van der Waals surface area contributed by atoms with E-state index in [0.717, 1.165) is 57.8 Å². The number of rotatable bonds is 34. The van der Waals surface area contributed by atoms with Gasteiger partial charge in [-0.05, 0) is 51.4 Å². The Morgan fingerprint density at radius 3 is 1.33 bits per heavy atom. The van der Waals surface area contributed by atoms with Crippen LogP contribution in [-0.2, 0) is 14.3 Å². The van der Waals surface area contributed by atoms with Crippen LogP contribution < -0.4 is 0 Å². The number of unbranched alkanes of at least 4 members (excludes halogenated alkanes) is 19. The van der Waals surface area contributed by atoms with Crippen LogP contribution >= 0.6 is 0 Å². The Morgan fingerprint density at radius 1 is 0.500 bits per heavy atom. The van der Waals surface area contributed by atoms with E-state index in [2.05, 4.69) is 26.0 Å². The molecule has 248 valence electrons. The summed E-state index contributed by atoms with van der Waals surface area (Å²) in [7, 11) is 0. The van der Waals surface area contributed by atoms with E-state index in [0.29, 0.717) is 25.0 Å². The van der Waals surface area contributed by atoms with Gasteiger partial charge in [-0.2, -0.15) is 0 Å². The van der Waals surface area contributed by atoms with Gasteiger partial charge in [-0.1, -0.05) is 148 Å². The molecule has 0 saturated heterocycles. The van der Waals surface area contributed by atoms with E-state index in [-0.39, 0.29) is 0 Å². The minimum absolute atomic E-state index is 0.296. The van der Waals surface area contributed by atoms with E-state index < -0.39 is 11.9 Å². The summed E-state index contributed by atoms with van der Waals surface area (Å²) in [5, 5.41) is 17.6. The fraction of sp³-hybridized carbons (Fsp3) is 0.892. The van der Waals surface area contributed by atoms with Crippen molar-refractivity contribution >= 4 is 11.9 Å². The number of allylic oxidation sites excluding steroid dienone is 1. The molecule has 0 aliphatic carbocycles. The summed E-state index contributed by atoms with van der Waals surface area (Å²) in [6, 6.07) is 0. The first-order chi connectivity index (χ1) is 20.5. The average Bonchev–Trinajstić information content (AvgIpc) is 2.96. The van der Waals surface area contributed by atoms with Crippen LogP contribution in [-0.4, -0.2) is 34.4 Å². The molecule has 2 unspecified atom stereocenters. The molecule has 0 heterocycles. The molecule has 0 aromatic carbocycles. The van der Waals surface area contributed by atoms with Gasteiger partial charge in [0.15, 0.2) is 0 Å². The zero-order chi connectivity index (χ0) is 30.9. The SMILES string of the molecule is CCCCC/C=C/CC(CCCCCCCCC(=O)O)OC(CCCCCCCCC)CCCCCCCCC(=O)O. The fourth-order valence-electron chi connectivity index (χ4n) is 5.71. The third-order valence-corrected chi connectivity index (χ3v) is 8.39. The highest BCUT2D eigenvalue weighted by atomic mass is 16.5. The zero-order valence-electron chi connectivity index (χ0n) is 27.9. The van der Waals surface area contributed by atoms with Crippen LogP contribution in [0.25, 0.3) is 0 Å². The van der Waals surface area contributed by atoms with Gasteiger partial charge in [-0.15, -0.1) is 0 Å². The maximum Gasteiger partial charge on any atom is 0.303 e. The Morgan fingerprint density at radius 2 is 0.881 bits per heavy atom. The van der Waals surface area contributed by atoms with Crippen LogP contribution in [0.2, 0.25) is 0 Å². The van der Waals surface area contributed by atoms with Crippen molar-refractivity contribution in [2.75, 3.05) is 0 Å². The van der Waals surface area contributed by atoms with Crippen LogP contribution in [0, 0.1) is 0 Å². The van der Waals surface area contributed by atoms with Gasteiger partial charge >= 0.3 is 11.9 Å². The molecule has 0 aromatic heterocycles. The van der Waals surface area contributed by atoms with Crippen molar-refractivity contribution in [1.82, 2.24) is 0 Å². The Kier molecular flexibility index (Phi) is 31.5. The van der Waals surface area contributed by atoms with E-state index in [1.54, 1.807) is 0 Å². The number of carboxylic acid groups (broad SMARTS) is 2. The molecule has 0 bridgehead atoms. The number of ether oxygens (including phenoxy) is 1. The minimum Gasteiger partial charge on any atom is -0.481 e. The van der Waals surface area contributed by atoms with E-state index in [1.807, 2.05) is 0 Å². The van der Waals surface area contributed by atoms with Gasteiger partial charge in [-0.25, -0.2) is 0 Å². The second-order valence-electron chi connectivity index (χ2n) is 12.6. The third-order valence-electron chi connectivity index (χ3n) is 8.39. The van der Waals surface area contributed by atoms with E-state index in [9.17, 15) is 9.59 Å². The highest BCUT2D eigenvalue weighted by Crippen LogP contribution is 2.22. The first-order valence-electron chi connectivity index (χ1n) is 18.2. The lowest BCUT2D eigenvalue weighted by molar-refractivity contribution is -0.138. The number of hydrogen-bond donors (Lipinski definition) is 2. The Balaban J connectivity index is 4.74. The number of aliphatic carboxylic acids is 2. The number of carbonyl (C=O) groups is 2. The molecule has 0 aliphatic rings. The molecule has 5 heteroatoms. The van der Waals surface area contributed by atoms with Gasteiger partial charge in [0.25, 0.3) is 0 Å². The summed E-state index contributed by atoms with van der Waals surface area (Å²) < 4.78 is 6.88. The lowest BCUT2D eigenvalue weighted by Crippen LogP contribution is -2.22. The van der Waals surface area contributed by atoms with E-state index >= 15 is 0 Å². The zero-order valence-corrected chi connectivity index (χ0v) is 27.9. The molecule has 2 N–H and O–H groups in total. The lowest BCUT2D eigenvalue weighted by Gasteiger charge is -2.25. The standard InChI is InChI=1S/C37H70O5/c1-3-5-7-9-11-17-23-29-35(31-25-19-13-15-21-27-33-37(40)41)42-34(28-22-16-10-8-6-4-2)30-24-18-12-14-20-26-32-36(38)39/h16,22,34-35H,3-15,17-21,23-33H2,1-2H3,(H,38,39)(H,40,41)/b22-16+. The number of carboxylic acids is 2. The van der Waals surface area contributed by atoms with Crippen molar-refractivity contribution in [3.8, 4) is 0 Å². The summed E-state index contributed by atoms with van der Waals surface area (Å²) in [6.45, 7) is 4.53. The monoisotopic (exact) mass is 595 g/mol. The van der Waals surface area contributed by atoms with Crippen molar-refractivity contribution in [3.63, 3.8) is 0 Å². The topological polar surface area (TPSA) is 83.8 Å². The predicted octanol–water partition coefficient (Wildman–Crippen LogP) is 11.8. The quantitative estimate of drug-likeness (QED) is 0.0572. The minimum atomic E-state index is -0.681. The van der Waals surface area contributed by atoms with Crippen molar-refractivity contribution in [2.24, 2.45) is 0 Å². The number of hydrogen-bond acceptors (Lipinski definition) is 3. The molecule has 42 heavy (non-hydrogen) atoms. The summed E-state index contributed by atoms with van der Waals surface area (Å²) in [4.78, 5) is 21.4. The van der Waals surface area contributed by atoms with Gasteiger partial charge in [-0.3, -0.25) is 9.59 Å². The largest absolute Gasteiger partial charge is 0.481 e. The van der Waals surface area contributed by atoms with Crippen LogP contribution in [0.1, 0.15) is 200 Å². The second kappa shape index (κ2) is 32.6. The van der Waals surface area contributed by atoms with Crippen molar-refractivity contribution in [3.05, 3.63) is 12.2 Å². The third kappa shape index (κ3) is 31.6. The molecule has 0 radical (unpaired) electrons. The summed E-state index contributed by atoms with van der Waals surface area (Å²) in [6.07, 6.45) is 37.9. The first kappa shape index (κ1) is 40.6. The van der Waals surface area contributed by atoms with E-state index in [4.69, 9.17) is 14.9 Å². The summed E-state index contributed by atoms with van der Waals surface area (Å²) in [5.74, 6) is -1.36. The molecule has 2 atom stereocenters. The van der Waals surface area contributed by atoms with Crippen LogP contribution in [0.4, 0.5) is 0 Å². The fourth-order valence-corrected chi connectivity index (χ4v) is 5.71. The van der Waals surface area contributed by atoms with Crippen molar-refractivity contribution in [1.29, 1.82) is 0 Å². The van der Waals surface area contributed by atoms with Crippen LogP contribution in [0.15, 0.2) is 12.2 Å². The Bertz CT molecular complexity index is 617. The van der Waals surface area contributed by atoms with Gasteiger partial charge in [0, 0.05) is 12.8 Å². The molecule has 0 saturated carbocycles. The normalized spacial score (nSPS) is 13.1. The highest BCUT2D eigenvalue weighted by Gasteiger charge is 2.16. The molecule has 0 aliphatic heterocycles. The molecule has 0 rings (SSSR count). The van der Waals surface area contributed by atoms with Crippen LogP contribution in [0.3, 0.4) is 0 Å². The molecule has 0 fully saturated rings. The molecular formula is C37H70O5. The van der Waals surface area contributed by atoms with Gasteiger partial charge in [0.05, 0.1) is 12.2 Å². The van der Waals surface area contributed by atoms with Crippen molar-refractivity contribution < 1.29 is 24.5 Å². The summed E-state index contributed by atoms with van der Waals surface area (Å²) >= 11 is 0. The maximum absolute atomic E-state index is 10.7. The smallest absolute Gasteiger partial charge is 0.303 e. The lowest BCUT2D eigenvalue weighted by atomic mass is 10.00. The highest BCUT2D eigenvalue weighted by molar-refractivity contribution is 5.66. The van der Waals surface area contributed by atoms with Gasteiger partial charge < -0.3 is 14.9 Å². The van der Waals surface area contributed by atoms with Gasteiger partial charge in [0.1, 0.15) is 0 Å². The Labute approximate surface area is 260 Å². The molecule has 0 aromatic rings. The molecular weight excluding hydrogens is 524 g/mol. The second-order valence-corrected chi connectivity index (χ2v) is 12.6. The predicted molar refractivity (Wildman–Crippen MR) is 178 cm³/mol. The first-order valence-corrected chi connectivity index (χ1v) is 18.2. The van der Waals surface area contributed by atoms with E-state index in [1.165, 1.54) is 116 Å². The average molecular weight is 595 g/mol. The Hall–Kier alpha value is -1.36. The maximum atomic E-state index is 10.7. The summed E-state index contributed by atoms with van der Waals surface area (Å²) in [5.41, 5.74) is 0.